The van der Waals surface area contributed by atoms with E-state index in [0.717, 1.165) is 5.69 Å². The molecular weight excluding hydrogens is 352 g/mol. The number of para-hydroxylation sites is 1. The van der Waals surface area contributed by atoms with Crippen molar-refractivity contribution in [3.8, 4) is 5.69 Å². The van der Waals surface area contributed by atoms with Gasteiger partial charge in [-0.1, -0.05) is 18.2 Å². The number of nitrogens with one attached hydrogen (secondary N) is 2. The number of H-pyrrole nitrogens is 1. The van der Waals surface area contributed by atoms with Crippen molar-refractivity contribution >= 4 is 29.3 Å². The molecule has 2 aromatic carbocycles. The van der Waals surface area contributed by atoms with Gasteiger partial charge < -0.3 is 10.1 Å². The maximum atomic E-state index is 12.2. The lowest BCUT2D eigenvalue weighted by Crippen LogP contribution is -2.35. The molecular formula is C18H17N4O3S+. The number of rotatable bonds is 6. The maximum absolute atomic E-state index is 12.2. The first-order valence-electron chi connectivity index (χ1n) is 7.79. The summed E-state index contributed by atoms with van der Waals surface area (Å²) in [5.41, 5.74) is 1.98. The smallest absolute Gasteiger partial charge is 0.385 e. The third kappa shape index (κ3) is 4.28. The molecule has 7 nitrogen and oxygen atoms in total. The van der Waals surface area contributed by atoms with Gasteiger partial charge in [0.05, 0.1) is 18.4 Å². The third-order valence-electron chi connectivity index (χ3n) is 3.49. The molecule has 0 unspecified atom stereocenters. The number of carbonyl (C=O) groups is 2. The molecule has 3 aromatic rings. The average Bonchev–Trinajstić information content (AvgIpc) is 3.16. The van der Waals surface area contributed by atoms with E-state index in [-0.39, 0.29) is 11.7 Å². The lowest BCUT2D eigenvalue weighted by molar-refractivity contribution is -0.694. The van der Waals surface area contributed by atoms with E-state index < -0.39 is 5.97 Å². The molecule has 26 heavy (non-hydrogen) atoms. The van der Waals surface area contributed by atoms with Gasteiger partial charge in [-0.2, -0.15) is 5.10 Å². The number of hydrogen-bond acceptors (Lipinski definition) is 5. The molecule has 8 heteroatoms. The Morgan fingerprint density at radius 1 is 1.15 bits per heavy atom. The van der Waals surface area contributed by atoms with Gasteiger partial charge in [0.15, 0.2) is 5.69 Å². The quantitative estimate of drug-likeness (QED) is 0.395. The molecule has 0 saturated heterocycles. The maximum Gasteiger partial charge on any atom is 0.385 e. The van der Waals surface area contributed by atoms with Gasteiger partial charge in [0.2, 0.25) is 12.2 Å². The van der Waals surface area contributed by atoms with Crippen molar-refractivity contribution in [1.82, 2.24) is 10.1 Å². The molecule has 1 amide bonds. The minimum absolute atomic E-state index is 0.163. The third-order valence-corrected chi connectivity index (χ3v) is 4.44. The normalized spacial score (nSPS) is 10.3. The van der Waals surface area contributed by atoms with E-state index in [0.29, 0.717) is 16.4 Å². The number of thioether (sulfide) groups is 1. The number of benzene rings is 2. The Balaban J connectivity index is 1.58. The van der Waals surface area contributed by atoms with Crippen LogP contribution in [0.2, 0.25) is 0 Å². The molecule has 0 fully saturated rings. The molecule has 0 aliphatic carbocycles. The van der Waals surface area contributed by atoms with Crippen LogP contribution in [0.15, 0.2) is 66.1 Å². The number of anilines is 1. The number of aromatic nitrogens is 3. The standard InChI is InChI=1S/C18H16N4O3S/c1-25-17(24)13-7-9-14(10-8-13)21-16(23)11-26-18-19-12-20-22(18)15-5-3-2-4-6-15/h2-10,12H,11H2,1H3,(H,21,23,24)/p+1. The van der Waals surface area contributed by atoms with Crippen molar-refractivity contribution in [2.75, 3.05) is 18.2 Å². The number of amides is 1. The van der Waals surface area contributed by atoms with Crippen LogP contribution in [-0.2, 0) is 9.53 Å². The Morgan fingerprint density at radius 3 is 2.58 bits per heavy atom. The van der Waals surface area contributed by atoms with Gasteiger partial charge in [-0.15, -0.1) is 4.68 Å². The molecule has 0 spiro atoms. The molecule has 2 N–H and O–H groups in total. The summed E-state index contributed by atoms with van der Waals surface area (Å²) < 4.78 is 6.45. The zero-order valence-electron chi connectivity index (χ0n) is 14.0. The Bertz CT molecular complexity index is 894. The van der Waals surface area contributed by atoms with Crippen LogP contribution in [-0.4, -0.2) is 34.8 Å². The summed E-state index contributed by atoms with van der Waals surface area (Å²) in [7, 11) is 1.33. The first kappa shape index (κ1) is 17.7. The van der Waals surface area contributed by atoms with Crippen LogP contribution in [0.4, 0.5) is 5.69 Å². The lowest BCUT2D eigenvalue weighted by Gasteiger charge is -2.05. The Hall–Kier alpha value is -3.13. The Labute approximate surface area is 154 Å². The molecule has 0 radical (unpaired) electrons. The van der Waals surface area contributed by atoms with E-state index in [2.05, 4.69) is 20.1 Å². The van der Waals surface area contributed by atoms with Crippen LogP contribution >= 0.6 is 11.8 Å². The molecule has 0 saturated carbocycles. The number of nitrogens with zero attached hydrogens (tertiary/aromatic N) is 2. The van der Waals surface area contributed by atoms with Gasteiger partial charge in [0.1, 0.15) is 0 Å². The number of carbonyl (C=O) groups excluding carboxylic acids is 2. The highest BCUT2D eigenvalue weighted by atomic mass is 32.2. The van der Waals surface area contributed by atoms with E-state index >= 15 is 0 Å². The van der Waals surface area contributed by atoms with Gasteiger partial charge in [-0.05, 0) is 53.1 Å². The van der Waals surface area contributed by atoms with Crippen molar-refractivity contribution in [2.24, 2.45) is 0 Å². The number of ether oxygens (including phenoxy) is 1. The van der Waals surface area contributed by atoms with E-state index in [4.69, 9.17) is 0 Å². The topological polar surface area (TPSA) is 88.0 Å². The summed E-state index contributed by atoms with van der Waals surface area (Å²) in [4.78, 5) is 27.8. The number of esters is 1. The molecule has 132 valence electrons. The van der Waals surface area contributed by atoms with Crippen molar-refractivity contribution < 1.29 is 19.0 Å². The van der Waals surface area contributed by atoms with Gasteiger partial charge in [-0.25, -0.2) is 4.79 Å². The van der Waals surface area contributed by atoms with E-state index in [9.17, 15) is 9.59 Å². The summed E-state index contributed by atoms with van der Waals surface area (Å²) in [6.45, 7) is 0. The Morgan fingerprint density at radius 2 is 1.88 bits per heavy atom. The minimum atomic E-state index is -0.414. The van der Waals surface area contributed by atoms with E-state index in [1.807, 2.05) is 35.0 Å². The fourth-order valence-corrected chi connectivity index (χ4v) is 3.00. The fraction of sp³-hybridized carbons (Fsp3) is 0.111. The molecule has 1 aromatic heterocycles. The fourth-order valence-electron chi connectivity index (χ4n) is 2.25. The molecule has 1 heterocycles. The highest BCUT2D eigenvalue weighted by molar-refractivity contribution is 7.99. The predicted molar refractivity (Wildman–Crippen MR) is 97.3 cm³/mol. The molecule has 0 bridgehead atoms. The van der Waals surface area contributed by atoms with Gasteiger partial charge in [-0.3, -0.25) is 4.79 Å². The number of hydrogen-bond donors (Lipinski definition) is 2. The number of methoxy groups -OCH3 is 1. The molecule has 0 aliphatic rings. The Kier molecular flexibility index (Phi) is 5.65. The zero-order chi connectivity index (χ0) is 18.4. The zero-order valence-corrected chi connectivity index (χ0v) is 14.8. The van der Waals surface area contributed by atoms with Crippen LogP contribution in [0.3, 0.4) is 0 Å². The second-order valence-electron chi connectivity index (χ2n) is 5.25. The van der Waals surface area contributed by atoms with Crippen LogP contribution in [0.25, 0.3) is 5.69 Å². The van der Waals surface area contributed by atoms with Gasteiger partial charge in [0, 0.05) is 5.69 Å². The first-order valence-corrected chi connectivity index (χ1v) is 8.78. The monoisotopic (exact) mass is 369 g/mol. The van der Waals surface area contributed by atoms with E-state index in [1.54, 1.807) is 30.6 Å². The molecule has 3 rings (SSSR count). The van der Waals surface area contributed by atoms with Crippen molar-refractivity contribution in [2.45, 2.75) is 5.16 Å². The SMILES string of the molecule is COC(=O)c1ccc(NC(=O)CSc2nc[nH][n+]2-c2ccccc2)cc1. The van der Waals surface area contributed by atoms with Crippen LogP contribution < -0.4 is 10.00 Å². The van der Waals surface area contributed by atoms with Crippen molar-refractivity contribution in [3.63, 3.8) is 0 Å². The highest BCUT2D eigenvalue weighted by Crippen LogP contribution is 2.14. The predicted octanol–water partition coefficient (Wildman–Crippen LogP) is 2.20. The summed E-state index contributed by atoms with van der Waals surface area (Å²) in [6, 6.07) is 16.2. The molecule has 0 atom stereocenters. The highest BCUT2D eigenvalue weighted by Gasteiger charge is 2.18. The molecule has 0 aliphatic heterocycles. The van der Waals surface area contributed by atoms with Crippen molar-refractivity contribution in [1.29, 1.82) is 0 Å². The second-order valence-corrected chi connectivity index (χ2v) is 6.19. The largest absolute Gasteiger partial charge is 0.465 e. The minimum Gasteiger partial charge on any atom is -0.465 e. The van der Waals surface area contributed by atoms with Gasteiger partial charge >= 0.3 is 11.1 Å². The lowest BCUT2D eigenvalue weighted by atomic mass is 10.2. The number of aromatic amines is 1. The van der Waals surface area contributed by atoms with Gasteiger partial charge in [0.25, 0.3) is 0 Å². The summed E-state index contributed by atoms with van der Waals surface area (Å²) in [5, 5.41) is 6.50. The second kappa shape index (κ2) is 8.30. The van der Waals surface area contributed by atoms with E-state index in [1.165, 1.54) is 18.9 Å². The first-order chi connectivity index (χ1) is 12.7. The summed E-state index contributed by atoms with van der Waals surface area (Å²) in [5.74, 6) is -0.373. The van der Waals surface area contributed by atoms with Crippen LogP contribution in [0, 0.1) is 0 Å². The summed E-state index contributed by atoms with van der Waals surface area (Å²) in [6.07, 6.45) is 1.58. The average molecular weight is 369 g/mol. The van der Waals surface area contributed by atoms with Crippen LogP contribution in [0.5, 0.6) is 0 Å². The van der Waals surface area contributed by atoms with Crippen molar-refractivity contribution in [3.05, 3.63) is 66.5 Å². The summed E-state index contributed by atoms with van der Waals surface area (Å²) >= 11 is 1.32. The van der Waals surface area contributed by atoms with Crippen LogP contribution in [0.1, 0.15) is 10.4 Å².